The summed E-state index contributed by atoms with van der Waals surface area (Å²) < 4.78 is 6.13. The van der Waals surface area contributed by atoms with Crippen LogP contribution in [0, 0.1) is 3.57 Å². The molecule has 0 bridgehead atoms. The zero-order valence-electron chi connectivity index (χ0n) is 10.9. The van der Waals surface area contributed by atoms with Crippen LogP contribution in [0.25, 0.3) is 11.3 Å². The normalized spacial score (nSPS) is 12.4. The van der Waals surface area contributed by atoms with Crippen LogP contribution in [-0.2, 0) is 11.2 Å². The number of ether oxygens (including phenoxy) is 1. The molecule has 1 aromatic carbocycles. The molecule has 0 amide bonds. The molecule has 1 heterocycles. The third-order valence-electron chi connectivity index (χ3n) is 2.84. The Balaban J connectivity index is 2.43. The lowest BCUT2D eigenvalue weighted by molar-refractivity contribution is 0.117. The van der Waals surface area contributed by atoms with E-state index in [1.807, 2.05) is 37.3 Å². The number of nitrogen functional groups attached to an aromatic ring is 1. The van der Waals surface area contributed by atoms with Gasteiger partial charge in [0.1, 0.15) is 11.6 Å². The Kier molecular flexibility index (Phi) is 4.71. The summed E-state index contributed by atoms with van der Waals surface area (Å²) >= 11 is 2.19. The van der Waals surface area contributed by atoms with Gasteiger partial charge in [0.15, 0.2) is 0 Å². The van der Waals surface area contributed by atoms with Gasteiger partial charge in [0.2, 0.25) is 0 Å². The molecule has 100 valence electrons. The minimum absolute atomic E-state index is 0.0723. The van der Waals surface area contributed by atoms with Gasteiger partial charge in [0.05, 0.1) is 15.4 Å². The molecule has 2 rings (SSSR count). The molecule has 4 nitrogen and oxygen atoms in total. The molecule has 0 aliphatic rings. The van der Waals surface area contributed by atoms with E-state index in [9.17, 15) is 0 Å². The third-order valence-corrected chi connectivity index (χ3v) is 3.91. The van der Waals surface area contributed by atoms with Crippen molar-refractivity contribution >= 4 is 28.4 Å². The highest BCUT2D eigenvalue weighted by Gasteiger charge is 2.13. The highest BCUT2D eigenvalue weighted by atomic mass is 127. The van der Waals surface area contributed by atoms with Crippen molar-refractivity contribution in [2.75, 3.05) is 12.8 Å². The second kappa shape index (κ2) is 6.29. The molecular weight excluding hydrogens is 353 g/mol. The van der Waals surface area contributed by atoms with Crippen molar-refractivity contribution in [1.82, 2.24) is 9.97 Å². The Labute approximate surface area is 126 Å². The molecule has 1 unspecified atom stereocenters. The van der Waals surface area contributed by atoms with Crippen LogP contribution in [-0.4, -0.2) is 23.2 Å². The highest BCUT2D eigenvalue weighted by molar-refractivity contribution is 14.1. The molecule has 2 N–H and O–H groups in total. The molecule has 0 aliphatic heterocycles. The first kappa shape index (κ1) is 14.2. The number of rotatable bonds is 4. The van der Waals surface area contributed by atoms with Gasteiger partial charge in [-0.1, -0.05) is 30.3 Å². The van der Waals surface area contributed by atoms with Gasteiger partial charge in [-0.2, -0.15) is 0 Å². The van der Waals surface area contributed by atoms with Crippen molar-refractivity contribution in [3.63, 3.8) is 0 Å². The number of anilines is 1. The summed E-state index contributed by atoms with van der Waals surface area (Å²) in [4.78, 5) is 8.94. The number of hydrogen-bond acceptors (Lipinski definition) is 4. The topological polar surface area (TPSA) is 61.0 Å². The lowest BCUT2D eigenvalue weighted by Gasteiger charge is -2.12. The second-order valence-electron chi connectivity index (χ2n) is 4.30. The van der Waals surface area contributed by atoms with Crippen molar-refractivity contribution in [2.45, 2.75) is 19.4 Å². The minimum Gasteiger partial charge on any atom is -0.383 e. The van der Waals surface area contributed by atoms with Gasteiger partial charge in [-0.15, -0.1) is 0 Å². The Hall–Kier alpha value is -1.21. The van der Waals surface area contributed by atoms with Crippen molar-refractivity contribution in [3.05, 3.63) is 39.7 Å². The molecule has 0 aliphatic carbocycles. The maximum Gasteiger partial charge on any atom is 0.141 e. The number of aromatic nitrogens is 2. The van der Waals surface area contributed by atoms with E-state index < -0.39 is 0 Å². The molecule has 19 heavy (non-hydrogen) atoms. The second-order valence-corrected chi connectivity index (χ2v) is 5.38. The lowest BCUT2D eigenvalue weighted by Crippen LogP contribution is -2.13. The number of nitrogens with zero attached hydrogens (tertiary/aromatic N) is 2. The van der Waals surface area contributed by atoms with Crippen LogP contribution in [0.3, 0.4) is 0 Å². The maximum atomic E-state index is 5.98. The fourth-order valence-electron chi connectivity index (χ4n) is 1.73. The fraction of sp³-hybridized carbons (Fsp3) is 0.286. The first-order valence-electron chi connectivity index (χ1n) is 6.02. The summed E-state index contributed by atoms with van der Waals surface area (Å²) in [6.45, 7) is 1.99. The number of benzene rings is 1. The Morgan fingerprint density at radius 2 is 1.95 bits per heavy atom. The van der Waals surface area contributed by atoms with Gasteiger partial charge in [0.25, 0.3) is 0 Å². The van der Waals surface area contributed by atoms with E-state index in [0.717, 1.165) is 14.8 Å². The summed E-state index contributed by atoms with van der Waals surface area (Å²) in [6, 6.07) is 10.00. The van der Waals surface area contributed by atoms with Crippen LogP contribution in [0.15, 0.2) is 30.3 Å². The van der Waals surface area contributed by atoms with Crippen LogP contribution in [0.5, 0.6) is 0 Å². The molecule has 1 atom stereocenters. The molecule has 1 aromatic heterocycles. The smallest absolute Gasteiger partial charge is 0.141 e. The van der Waals surface area contributed by atoms with E-state index in [1.165, 1.54) is 0 Å². The number of halogens is 1. The molecule has 5 heteroatoms. The van der Waals surface area contributed by atoms with Crippen LogP contribution in [0.4, 0.5) is 5.82 Å². The number of methoxy groups -OCH3 is 1. The first-order chi connectivity index (χ1) is 9.11. The third kappa shape index (κ3) is 3.42. The molecule has 0 saturated carbocycles. The van der Waals surface area contributed by atoms with Gasteiger partial charge in [-0.05, 0) is 29.5 Å². The van der Waals surface area contributed by atoms with Crippen LogP contribution >= 0.6 is 22.6 Å². The van der Waals surface area contributed by atoms with Crippen molar-refractivity contribution < 1.29 is 4.74 Å². The lowest BCUT2D eigenvalue weighted by atomic mass is 10.1. The molecule has 0 saturated heterocycles. The highest BCUT2D eigenvalue weighted by Crippen LogP contribution is 2.26. The van der Waals surface area contributed by atoms with E-state index in [-0.39, 0.29) is 6.10 Å². The summed E-state index contributed by atoms with van der Waals surface area (Å²) in [5.74, 6) is 1.24. The van der Waals surface area contributed by atoms with Crippen molar-refractivity contribution in [3.8, 4) is 11.3 Å². The van der Waals surface area contributed by atoms with Crippen molar-refractivity contribution in [2.24, 2.45) is 0 Å². The Morgan fingerprint density at radius 3 is 2.58 bits per heavy atom. The average molecular weight is 369 g/mol. The van der Waals surface area contributed by atoms with Crippen molar-refractivity contribution in [1.29, 1.82) is 0 Å². The average Bonchev–Trinajstić information content (AvgIpc) is 2.43. The zero-order chi connectivity index (χ0) is 13.8. The largest absolute Gasteiger partial charge is 0.383 e. The van der Waals surface area contributed by atoms with Crippen LogP contribution < -0.4 is 5.73 Å². The van der Waals surface area contributed by atoms with Gasteiger partial charge >= 0.3 is 0 Å². The summed E-state index contributed by atoms with van der Waals surface area (Å²) in [5, 5.41) is 0. The van der Waals surface area contributed by atoms with E-state index in [1.54, 1.807) is 7.11 Å². The molecule has 0 radical (unpaired) electrons. The first-order valence-corrected chi connectivity index (χ1v) is 7.09. The standard InChI is InChI=1S/C14H16IN3O/c1-9(19-2)8-11-17-13(12(15)14(16)18-11)10-6-4-3-5-7-10/h3-7,9H,8H2,1-2H3,(H2,16,17,18). The summed E-state index contributed by atoms with van der Waals surface area (Å²) in [6.07, 6.45) is 0.723. The maximum absolute atomic E-state index is 5.98. The van der Waals surface area contributed by atoms with Crippen LogP contribution in [0.1, 0.15) is 12.7 Å². The predicted octanol–water partition coefficient (Wildman–Crippen LogP) is 2.91. The SMILES string of the molecule is COC(C)Cc1nc(N)c(I)c(-c2ccccc2)n1. The number of nitrogens with two attached hydrogens (primary N) is 1. The van der Waals surface area contributed by atoms with Gasteiger partial charge in [0, 0.05) is 19.1 Å². The summed E-state index contributed by atoms with van der Waals surface area (Å²) in [5.41, 5.74) is 7.91. The van der Waals surface area contributed by atoms with E-state index in [4.69, 9.17) is 10.5 Å². The Morgan fingerprint density at radius 1 is 1.26 bits per heavy atom. The fourth-order valence-corrected chi connectivity index (χ4v) is 2.28. The minimum atomic E-state index is 0.0723. The summed E-state index contributed by atoms with van der Waals surface area (Å²) in [7, 11) is 1.68. The van der Waals surface area contributed by atoms with Crippen LogP contribution in [0.2, 0.25) is 0 Å². The zero-order valence-corrected chi connectivity index (χ0v) is 13.1. The van der Waals surface area contributed by atoms with E-state index >= 15 is 0 Å². The van der Waals surface area contributed by atoms with Gasteiger partial charge < -0.3 is 10.5 Å². The van der Waals surface area contributed by atoms with E-state index in [0.29, 0.717) is 18.1 Å². The molecular formula is C14H16IN3O. The van der Waals surface area contributed by atoms with Gasteiger partial charge in [-0.25, -0.2) is 9.97 Å². The quantitative estimate of drug-likeness (QED) is 0.842. The monoisotopic (exact) mass is 369 g/mol. The molecule has 0 spiro atoms. The van der Waals surface area contributed by atoms with E-state index in [2.05, 4.69) is 32.6 Å². The Bertz CT molecular complexity index is 560. The van der Waals surface area contributed by atoms with Gasteiger partial charge in [-0.3, -0.25) is 0 Å². The molecule has 2 aromatic rings. The molecule has 0 fully saturated rings. The number of hydrogen-bond donors (Lipinski definition) is 1. The predicted molar refractivity (Wildman–Crippen MR) is 84.8 cm³/mol.